The first kappa shape index (κ1) is 27.3. The molecule has 0 aliphatic carbocycles. The molecule has 4 aromatic rings. The highest BCUT2D eigenvalue weighted by atomic mass is 16.5. The highest BCUT2D eigenvalue weighted by molar-refractivity contribution is 6.06. The molecule has 1 heterocycles. The molecule has 0 bridgehead atoms. The van der Waals surface area contributed by atoms with E-state index in [-0.39, 0.29) is 12.3 Å². The molecular weight excluding hydrogens is 496 g/mol. The minimum absolute atomic E-state index is 0.182. The van der Waals surface area contributed by atoms with E-state index in [0.717, 1.165) is 11.1 Å². The summed E-state index contributed by atoms with van der Waals surface area (Å²) in [6, 6.07) is 24.3. The second kappa shape index (κ2) is 12.7. The predicted molar refractivity (Wildman–Crippen MR) is 150 cm³/mol. The van der Waals surface area contributed by atoms with Gasteiger partial charge in [0.1, 0.15) is 5.75 Å². The fourth-order valence-electron chi connectivity index (χ4n) is 4.21. The molecule has 0 aliphatic rings. The van der Waals surface area contributed by atoms with E-state index < -0.39 is 18.0 Å². The minimum Gasteiger partial charge on any atom is -0.493 e. The number of nitrogens with zero attached hydrogens (tertiary/aromatic N) is 1. The van der Waals surface area contributed by atoms with E-state index in [1.807, 2.05) is 60.8 Å². The second-order valence-electron chi connectivity index (χ2n) is 8.73. The monoisotopic (exact) mass is 528 g/mol. The van der Waals surface area contributed by atoms with E-state index in [1.54, 1.807) is 56.9 Å². The van der Waals surface area contributed by atoms with Gasteiger partial charge in [-0.3, -0.25) is 4.79 Å². The minimum atomic E-state index is -0.835. The van der Waals surface area contributed by atoms with Gasteiger partial charge in [0.2, 0.25) is 0 Å². The molecule has 8 heteroatoms. The third-order valence-corrected chi connectivity index (χ3v) is 6.11. The van der Waals surface area contributed by atoms with E-state index >= 15 is 0 Å². The summed E-state index contributed by atoms with van der Waals surface area (Å²) in [4.78, 5) is 26.7. The van der Waals surface area contributed by atoms with Crippen LogP contribution in [0.25, 0.3) is 11.1 Å². The second-order valence-corrected chi connectivity index (χ2v) is 8.73. The van der Waals surface area contributed by atoms with Crippen LogP contribution in [-0.2, 0) is 16.1 Å². The number of anilines is 1. The van der Waals surface area contributed by atoms with Gasteiger partial charge in [-0.25, -0.2) is 4.79 Å². The number of aromatic nitrogens is 1. The smallest absolute Gasteiger partial charge is 0.357 e. The molecule has 8 nitrogen and oxygen atoms in total. The summed E-state index contributed by atoms with van der Waals surface area (Å²) in [5.41, 5.74) is 2.87. The van der Waals surface area contributed by atoms with E-state index in [9.17, 15) is 9.59 Å². The molecule has 1 atom stereocenters. The Morgan fingerprint density at radius 2 is 1.56 bits per heavy atom. The first-order chi connectivity index (χ1) is 18.9. The summed E-state index contributed by atoms with van der Waals surface area (Å²) in [5.74, 6) is 0.677. The van der Waals surface area contributed by atoms with Crippen LogP contribution >= 0.6 is 0 Å². The van der Waals surface area contributed by atoms with E-state index in [4.69, 9.17) is 18.9 Å². The topological polar surface area (TPSA) is 88.0 Å². The molecular formula is C31H32N2O6. The van der Waals surface area contributed by atoms with Crippen molar-refractivity contribution in [2.45, 2.75) is 26.5 Å². The number of methoxy groups -OCH3 is 2. The van der Waals surface area contributed by atoms with Crippen LogP contribution in [-0.4, -0.2) is 43.4 Å². The van der Waals surface area contributed by atoms with Crippen molar-refractivity contribution in [3.05, 3.63) is 96.3 Å². The normalized spacial score (nSPS) is 11.4. The highest BCUT2D eigenvalue weighted by Crippen LogP contribution is 2.39. The van der Waals surface area contributed by atoms with E-state index in [2.05, 4.69) is 5.32 Å². The Kier molecular flexibility index (Phi) is 8.89. The molecule has 0 saturated heterocycles. The lowest BCUT2D eigenvalue weighted by atomic mass is 10.1. The number of ether oxygens (including phenoxy) is 4. The molecule has 1 amide bonds. The summed E-state index contributed by atoms with van der Waals surface area (Å²) >= 11 is 0. The molecule has 0 spiro atoms. The third-order valence-electron chi connectivity index (χ3n) is 6.11. The molecule has 0 fully saturated rings. The summed E-state index contributed by atoms with van der Waals surface area (Å²) in [7, 11) is 3.12. The van der Waals surface area contributed by atoms with Gasteiger partial charge in [0.05, 0.1) is 26.5 Å². The third kappa shape index (κ3) is 6.41. The fraction of sp³-hybridized carbons (Fsp3) is 0.226. The van der Waals surface area contributed by atoms with Crippen LogP contribution in [0.2, 0.25) is 0 Å². The Bertz CT molecular complexity index is 1420. The van der Waals surface area contributed by atoms with Crippen LogP contribution in [0.5, 0.6) is 17.2 Å². The standard InChI is InChI=1S/C31H32N2O6/c1-5-38-31(35)29-28(32-30(34)21(2)39-24-14-10-7-11-15-24)25(20-33(29)19-22-12-8-6-9-13-22)23-16-17-26(36-3)27(18-23)37-4/h6-18,20-21H,5,19H2,1-4H3,(H,32,34). The number of carbonyl (C=O) groups excluding carboxylic acids is 2. The van der Waals surface area contributed by atoms with Gasteiger partial charge in [-0.05, 0) is 49.2 Å². The highest BCUT2D eigenvalue weighted by Gasteiger charge is 2.28. The summed E-state index contributed by atoms with van der Waals surface area (Å²) in [6.45, 7) is 3.97. The maximum atomic E-state index is 13.4. The van der Waals surface area contributed by atoms with Crippen molar-refractivity contribution in [2.75, 3.05) is 26.1 Å². The molecule has 39 heavy (non-hydrogen) atoms. The first-order valence-corrected chi connectivity index (χ1v) is 12.6. The number of amides is 1. The lowest BCUT2D eigenvalue weighted by molar-refractivity contribution is -0.122. The van der Waals surface area contributed by atoms with Crippen LogP contribution in [0, 0.1) is 0 Å². The van der Waals surface area contributed by atoms with Gasteiger partial charge in [-0.2, -0.15) is 0 Å². The fourth-order valence-corrected chi connectivity index (χ4v) is 4.21. The van der Waals surface area contributed by atoms with Gasteiger partial charge >= 0.3 is 5.97 Å². The number of nitrogens with one attached hydrogen (secondary N) is 1. The number of hydrogen-bond donors (Lipinski definition) is 1. The lowest BCUT2D eigenvalue weighted by Crippen LogP contribution is -2.31. The molecule has 4 rings (SSSR count). The number of hydrogen-bond acceptors (Lipinski definition) is 6. The average molecular weight is 529 g/mol. The molecule has 202 valence electrons. The summed E-state index contributed by atoms with van der Waals surface area (Å²) in [6.07, 6.45) is 0.997. The van der Waals surface area contributed by atoms with Crippen molar-refractivity contribution in [1.29, 1.82) is 0 Å². The van der Waals surface area contributed by atoms with Gasteiger partial charge < -0.3 is 28.8 Å². The lowest BCUT2D eigenvalue weighted by Gasteiger charge is -2.17. The van der Waals surface area contributed by atoms with Crippen LogP contribution in [0.1, 0.15) is 29.9 Å². The van der Waals surface area contributed by atoms with Gasteiger partial charge in [-0.15, -0.1) is 0 Å². The number of esters is 1. The van der Waals surface area contributed by atoms with Crippen LogP contribution < -0.4 is 19.5 Å². The predicted octanol–water partition coefficient (Wildman–Crippen LogP) is 5.80. The molecule has 0 saturated carbocycles. The van der Waals surface area contributed by atoms with Gasteiger partial charge in [-0.1, -0.05) is 54.6 Å². The van der Waals surface area contributed by atoms with Crippen LogP contribution in [0.4, 0.5) is 5.69 Å². The van der Waals surface area contributed by atoms with E-state index in [1.165, 1.54) is 0 Å². The quantitative estimate of drug-likeness (QED) is 0.248. The van der Waals surface area contributed by atoms with Crippen molar-refractivity contribution >= 4 is 17.6 Å². The van der Waals surface area contributed by atoms with Gasteiger partial charge in [0.25, 0.3) is 5.91 Å². The number of rotatable bonds is 11. The SMILES string of the molecule is CCOC(=O)c1c(NC(=O)C(C)Oc2ccccc2)c(-c2ccc(OC)c(OC)c2)cn1Cc1ccccc1. The molecule has 1 unspecified atom stereocenters. The van der Waals surface area contributed by atoms with Crippen molar-refractivity contribution in [2.24, 2.45) is 0 Å². The maximum Gasteiger partial charge on any atom is 0.357 e. The van der Waals surface area contributed by atoms with Crippen molar-refractivity contribution < 1.29 is 28.5 Å². The van der Waals surface area contributed by atoms with Crippen LogP contribution in [0.3, 0.4) is 0 Å². The number of carbonyl (C=O) groups is 2. The Balaban J connectivity index is 1.81. The Morgan fingerprint density at radius 3 is 2.21 bits per heavy atom. The Morgan fingerprint density at radius 1 is 0.897 bits per heavy atom. The first-order valence-electron chi connectivity index (χ1n) is 12.6. The van der Waals surface area contributed by atoms with Gasteiger partial charge in [0, 0.05) is 18.3 Å². The molecule has 0 radical (unpaired) electrons. The molecule has 3 aromatic carbocycles. The summed E-state index contributed by atoms with van der Waals surface area (Å²) < 4.78 is 24.0. The van der Waals surface area contributed by atoms with Crippen molar-refractivity contribution in [3.8, 4) is 28.4 Å². The van der Waals surface area contributed by atoms with Gasteiger partial charge in [0.15, 0.2) is 23.3 Å². The van der Waals surface area contributed by atoms with Crippen molar-refractivity contribution in [1.82, 2.24) is 4.57 Å². The van der Waals surface area contributed by atoms with Crippen molar-refractivity contribution in [3.63, 3.8) is 0 Å². The molecule has 1 N–H and O–H groups in total. The molecule has 0 aliphatic heterocycles. The number of benzene rings is 3. The molecule has 1 aromatic heterocycles. The Hall–Kier alpha value is -4.72. The van der Waals surface area contributed by atoms with Crippen LogP contribution in [0.15, 0.2) is 85.1 Å². The average Bonchev–Trinajstić information content (AvgIpc) is 3.31. The Labute approximate surface area is 228 Å². The number of para-hydroxylation sites is 1. The zero-order chi connectivity index (χ0) is 27.8. The zero-order valence-corrected chi connectivity index (χ0v) is 22.5. The maximum absolute atomic E-state index is 13.4. The zero-order valence-electron chi connectivity index (χ0n) is 22.5. The largest absolute Gasteiger partial charge is 0.493 e. The van der Waals surface area contributed by atoms with E-state index in [0.29, 0.717) is 35.0 Å². The summed E-state index contributed by atoms with van der Waals surface area (Å²) in [5, 5.41) is 2.95.